The van der Waals surface area contributed by atoms with Crippen molar-refractivity contribution in [2.45, 2.75) is 11.3 Å². The smallest absolute Gasteiger partial charge is 0.183 e. The van der Waals surface area contributed by atoms with Gasteiger partial charge in [-0.15, -0.1) is 0 Å². The van der Waals surface area contributed by atoms with E-state index in [0.717, 1.165) is 0 Å². The third-order valence-corrected chi connectivity index (χ3v) is 3.55. The van der Waals surface area contributed by atoms with E-state index in [1.54, 1.807) is 0 Å². The molecule has 6 nitrogen and oxygen atoms in total. The van der Waals surface area contributed by atoms with Crippen molar-refractivity contribution in [1.82, 2.24) is 10.2 Å². The van der Waals surface area contributed by atoms with Gasteiger partial charge in [-0.2, -0.15) is 5.10 Å². The number of aromatic nitrogens is 2. The van der Waals surface area contributed by atoms with Crippen LogP contribution in [0.1, 0.15) is 6.42 Å². The highest BCUT2D eigenvalue weighted by atomic mass is 32.2. The summed E-state index contributed by atoms with van der Waals surface area (Å²) < 4.78 is 28.0. The summed E-state index contributed by atoms with van der Waals surface area (Å²) in [7, 11) is -1.79. The standard InChI is InChI=1S/C7H13N3O3S/c1-13-3-2-4-14(11,12)6-5-9-10-7(6)8/h5H,2-4H2,1H3,(H3,8,9,10). The minimum absolute atomic E-state index is 0.0184. The predicted octanol–water partition coefficient (Wildman–Crippen LogP) is -0.198. The van der Waals surface area contributed by atoms with Gasteiger partial charge in [-0.3, -0.25) is 5.10 Å². The summed E-state index contributed by atoms with van der Waals surface area (Å²) in [4.78, 5) is 0.0635. The largest absolute Gasteiger partial charge is 0.385 e. The maximum atomic E-state index is 11.6. The number of ether oxygens (including phenoxy) is 1. The molecule has 1 rings (SSSR count). The number of nitrogens with zero attached hydrogens (tertiary/aromatic N) is 1. The highest BCUT2D eigenvalue weighted by Crippen LogP contribution is 2.16. The van der Waals surface area contributed by atoms with Crippen molar-refractivity contribution in [3.63, 3.8) is 0 Å². The lowest BCUT2D eigenvalue weighted by molar-refractivity contribution is 0.199. The summed E-state index contributed by atoms with van der Waals surface area (Å²) in [6.45, 7) is 0.414. The van der Waals surface area contributed by atoms with E-state index < -0.39 is 9.84 Å². The molecule has 1 aromatic heterocycles. The highest BCUT2D eigenvalue weighted by Gasteiger charge is 2.18. The van der Waals surface area contributed by atoms with Crippen LogP contribution in [0.15, 0.2) is 11.1 Å². The van der Waals surface area contributed by atoms with Crippen molar-refractivity contribution in [3.05, 3.63) is 6.20 Å². The second-order valence-electron chi connectivity index (χ2n) is 2.81. The molecule has 0 aliphatic carbocycles. The first-order valence-electron chi connectivity index (χ1n) is 4.08. The van der Waals surface area contributed by atoms with E-state index >= 15 is 0 Å². The number of aromatic amines is 1. The molecule has 0 atom stereocenters. The number of rotatable bonds is 5. The van der Waals surface area contributed by atoms with Crippen LogP contribution in [0.4, 0.5) is 5.82 Å². The van der Waals surface area contributed by atoms with Crippen LogP contribution >= 0.6 is 0 Å². The van der Waals surface area contributed by atoms with Gasteiger partial charge in [0.25, 0.3) is 0 Å². The summed E-state index contributed by atoms with van der Waals surface area (Å²) in [5.74, 6) is 0.104. The van der Waals surface area contributed by atoms with E-state index in [-0.39, 0.29) is 16.5 Å². The number of anilines is 1. The van der Waals surface area contributed by atoms with Crippen LogP contribution < -0.4 is 5.73 Å². The predicted molar refractivity (Wildman–Crippen MR) is 51.5 cm³/mol. The van der Waals surface area contributed by atoms with Gasteiger partial charge in [0.15, 0.2) is 9.84 Å². The molecule has 14 heavy (non-hydrogen) atoms. The van der Waals surface area contributed by atoms with Gasteiger partial charge in [0, 0.05) is 13.7 Å². The molecule has 0 unspecified atom stereocenters. The monoisotopic (exact) mass is 219 g/mol. The van der Waals surface area contributed by atoms with Crippen molar-refractivity contribution < 1.29 is 13.2 Å². The zero-order valence-electron chi connectivity index (χ0n) is 7.86. The number of methoxy groups -OCH3 is 1. The van der Waals surface area contributed by atoms with E-state index in [1.165, 1.54) is 13.3 Å². The van der Waals surface area contributed by atoms with Gasteiger partial charge >= 0.3 is 0 Å². The number of sulfone groups is 1. The van der Waals surface area contributed by atoms with Crippen molar-refractivity contribution >= 4 is 15.7 Å². The molecule has 0 saturated heterocycles. The van der Waals surface area contributed by atoms with Crippen LogP contribution in [0.25, 0.3) is 0 Å². The topological polar surface area (TPSA) is 98.1 Å². The van der Waals surface area contributed by atoms with Crippen molar-refractivity contribution in [2.24, 2.45) is 0 Å². The van der Waals surface area contributed by atoms with Gasteiger partial charge < -0.3 is 10.5 Å². The second-order valence-corrected chi connectivity index (χ2v) is 4.89. The van der Waals surface area contributed by atoms with Crippen LogP contribution in [-0.4, -0.2) is 38.1 Å². The Hall–Kier alpha value is -1.08. The maximum absolute atomic E-state index is 11.6. The molecule has 7 heteroatoms. The number of nitrogens with two attached hydrogens (primary N) is 1. The molecule has 3 N–H and O–H groups in total. The molecule has 0 radical (unpaired) electrons. The zero-order valence-corrected chi connectivity index (χ0v) is 8.67. The molecule has 0 bridgehead atoms. The normalized spacial score (nSPS) is 11.8. The highest BCUT2D eigenvalue weighted by molar-refractivity contribution is 7.91. The molecule has 0 amide bonds. The van der Waals surface area contributed by atoms with E-state index in [0.29, 0.717) is 13.0 Å². The summed E-state index contributed by atoms with van der Waals surface area (Å²) in [6.07, 6.45) is 1.67. The number of nitrogens with one attached hydrogen (secondary N) is 1. The molecule has 1 aromatic rings. The molecular formula is C7H13N3O3S. The van der Waals surface area contributed by atoms with Crippen LogP contribution in [0.3, 0.4) is 0 Å². The summed E-state index contributed by atoms with van der Waals surface area (Å²) in [5, 5.41) is 5.94. The van der Waals surface area contributed by atoms with Crippen molar-refractivity contribution in [1.29, 1.82) is 0 Å². The summed E-state index contributed by atoms with van der Waals surface area (Å²) in [6, 6.07) is 0. The summed E-state index contributed by atoms with van der Waals surface area (Å²) in [5.41, 5.74) is 5.40. The lowest BCUT2D eigenvalue weighted by Crippen LogP contribution is -2.10. The van der Waals surface area contributed by atoms with E-state index in [2.05, 4.69) is 10.2 Å². The molecule has 0 aliphatic heterocycles. The van der Waals surface area contributed by atoms with Crippen molar-refractivity contribution in [3.8, 4) is 0 Å². The van der Waals surface area contributed by atoms with Crippen LogP contribution in [0, 0.1) is 0 Å². The van der Waals surface area contributed by atoms with Crippen molar-refractivity contribution in [2.75, 3.05) is 25.2 Å². The average molecular weight is 219 g/mol. The third-order valence-electron chi connectivity index (χ3n) is 1.73. The fourth-order valence-electron chi connectivity index (χ4n) is 1.04. The lowest BCUT2D eigenvalue weighted by Gasteiger charge is -2.01. The minimum atomic E-state index is -3.32. The van der Waals surface area contributed by atoms with Gasteiger partial charge in [0.05, 0.1) is 11.9 Å². The second kappa shape index (κ2) is 4.43. The molecule has 0 spiro atoms. The number of H-pyrrole nitrogens is 1. The molecule has 1 heterocycles. The quantitative estimate of drug-likeness (QED) is 0.668. The Morgan fingerprint density at radius 3 is 2.86 bits per heavy atom. The Morgan fingerprint density at radius 1 is 1.64 bits per heavy atom. The Bertz CT molecular complexity index is 385. The molecular weight excluding hydrogens is 206 g/mol. The first-order valence-corrected chi connectivity index (χ1v) is 5.73. The molecule has 0 aliphatic rings. The van der Waals surface area contributed by atoms with Crippen LogP contribution in [-0.2, 0) is 14.6 Å². The zero-order chi connectivity index (χ0) is 10.6. The van der Waals surface area contributed by atoms with Gasteiger partial charge in [0.2, 0.25) is 0 Å². The lowest BCUT2D eigenvalue weighted by atomic mass is 10.5. The fourth-order valence-corrected chi connectivity index (χ4v) is 2.35. The van der Waals surface area contributed by atoms with Gasteiger partial charge in [-0.25, -0.2) is 8.42 Å². The SMILES string of the molecule is COCCCS(=O)(=O)c1cn[nH]c1N. The number of hydrogen-bond acceptors (Lipinski definition) is 5. The van der Waals surface area contributed by atoms with Gasteiger partial charge in [-0.1, -0.05) is 0 Å². The first-order chi connectivity index (χ1) is 6.58. The molecule has 0 aromatic carbocycles. The Morgan fingerprint density at radius 2 is 2.36 bits per heavy atom. The number of hydrogen-bond donors (Lipinski definition) is 2. The van der Waals surface area contributed by atoms with E-state index in [9.17, 15) is 8.42 Å². The van der Waals surface area contributed by atoms with E-state index in [1.807, 2.05) is 0 Å². The molecule has 0 fully saturated rings. The first kappa shape index (κ1) is 11.0. The van der Waals surface area contributed by atoms with Gasteiger partial charge in [0.1, 0.15) is 10.7 Å². The Kier molecular flexibility index (Phi) is 3.48. The molecule has 80 valence electrons. The average Bonchev–Trinajstić information content (AvgIpc) is 2.52. The van der Waals surface area contributed by atoms with Gasteiger partial charge in [-0.05, 0) is 6.42 Å². The third kappa shape index (κ3) is 2.46. The minimum Gasteiger partial charge on any atom is -0.385 e. The Labute approximate surface area is 82.4 Å². The summed E-state index contributed by atoms with van der Waals surface area (Å²) >= 11 is 0. The number of nitrogen functional groups attached to an aromatic ring is 1. The fraction of sp³-hybridized carbons (Fsp3) is 0.571. The Balaban J connectivity index is 2.72. The van der Waals surface area contributed by atoms with E-state index in [4.69, 9.17) is 10.5 Å². The maximum Gasteiger partial charge on any atom is 0.183 e. The van der Waals surface area contributed by atoms with Crippen LogP contribution in [0.2, 0.25) is 0 Å². The van der Waals surface area contributed by atoms with Crippen LogP contribution in [0.5, 0.6) is 0 Å². The molecule has 0 saturated carbocycles.